The number of anilines is 1. The Bertz CT molecular complexity index is 734. The summed E-state index contributed by atoms with van der Waals surface area (Å²) in [6.07, 6.45) is 4.29. The lowest BCUT2D eigenvalue weighted by Crippen LogP contribution is -2.15. The van der Waals surface area contributed by atoms with Crippen molar-refractivity contribution in [1.29, 1.82) is 0 Å². The standard InChI is InChI=1S/C21H26N2O2/c1-16-5-11-20(25-4)18(15-16)8-12-21(24)22-19-9-6-17(7-10-19)13-14-23(2)3/h5-12,15H,13-14H2,1-4H3,(H,22,24)/b12-8+. The number of nitrogens with one attached hydrogen (secondary N) is 1. The van der Waals surface area contributed by atoms with Gasteiger partial charge in [0.05, 0.1) is 7.11 Å². The van der Waals surface area contributed by atoms with Crippen molar-refractivity contribution >= 4 is 17.7 Å². The number of rotatable bonds is 7. The molecule has 0 saturated heterocycles. The van der Waals surface area contributed by atoms with Crippen LogP contribution in [-0.4, -0.2) is 38.6 Å². The highest BCUT2D eigenvalue weighted by molar-refractivity contribution is 6.02. The summed E-state index contributed by atoms with van der Waals surface area (Å²) in [5.74, 6) is 0.587. The summed E-state index contributed by atoms with van der Waals surface area (Å²) in [7, 11) is 5.74. The second kappa shape index (κ2) is 9.04. The van der Waals surface area contributed by atoms with Crippen LogP contribution in [0.25, 0.3) is 6.08 Å². The molecule has 2 aromatic carbocycles. The highest BCUT2D eigenvalue weighted by Crippen LogP contribution is 2.21. The second-order valence-electron chi connectivity index (χ2n) is 6.32. The fraction of sp³-hybridized carbons (Fsp3) is 0.286. The molecule has 0 spiro atoms. The van der Waals surface area contributed by atoms with E-state index >= 15 is 0 Å². The first-order valence-corrected chi connectivity index (χ1v) is 8.35. The molecule has 0 heterocycles. The summed E-state index contributed by atoms with van der Waals surface area (Å²) in [5.41, 5.74) is 4.05. The normalized spacial score (nSPS) is 11.1. The van der Waals surface area contributed by atoms with Gasteiger partial charge in [0.2, 0.25) is 5.91 Å². The Morgan fingerprint density at radius 3 is 2.52 bits per heavy atom. The number of likely N-dealkylation sites (N-methyl/N-ethyl adjacent to an activating group) is 1. The van der Waals surface area contributed by atoms with Crippen molar-refractivity contribution in [2.45, 2.75) is 13.3 Å². The van der Waals surface area contributed by atoms with Gasteiger partial charge in [0, 0.05) is 23.9 Å². The number of carbonyl (C=O) groups excluding carboxylic acids is 1. The number of carbonyl (C=O) groups is 1. The Balaban J connectivity index is 1.97. The molecule has 1 amide bonds. The maximum Gasteiger partial charge on any atom is 0.248 e. The largest absolute Gasteiger partial charge is 0.496 e. The first kappa shape index (κ1) is 18.7. The number of benzene rings is 2. The zero-order chi connectivity index (χ0) is 18.2. The molecule has 1 N–H and O–H groups in total. The summed E-state index contributed by atoms with van der Waals surface area (Å²) in [6, 6.07) is 13.8. The minimum Gasteiger partial charge on any atom is -0.496 e. The van der Waals surface area contributed by atoms with Gasteiger partial charge in [-0.3, -0.25) is 4.79 Å². The Morgan fingerprint density at radius 1 is 1.16 bits per heavy atom. The molecule has 132 valence electrons. The van der Waals surface area contributed by atoms with Crippen LogP contribution in [0.3, 0.4) is 0 Å². The molecule has 0 aliphatic rings. The van der Waals surface area contributed by atoms with Gasteiger partial charge in [0.1, 0.15) is 5.75 Å². The molecule has 0 fully saturated rings. The lowest BCUT2D eigenvalue weighted by molar-refractivity contribution is -0.111. The van der Waals surface area contributed by atoms with Crippen LogP contribution in [0.2, 0.25) is 0 Å². The second-order valence-corrected chi connectivity index (χ2v) is 6.32. The Hall–Kier alpha value is -2.59. The van der Waals surface area contributed by atoms with Crippen LogP contribution in [0.15, 0.2) is 48.5 Å². The minimum absolute atomic E-state index is 0.162. The average molecular weight is 338 g/mol. The van der Waals surface area contributed by atoms with E-state index in [1.807, 2.05) is 49.4 Å². The molecule has 25 heavy (non-hydrogen) atoms. The van der Waals surface area contributed by atoms with Gasteiger partial charge in [-0.1, -0.05) is 23.8 Å². The molecule has 4 heteroatoms. The van der Waals surface area contributed by atoms with Crippen LogP contribution in [0, 0.1) is 6.92 Å². The molecule has 2 aromatic rings. The fourth-order valence-corrected chi connectivity index (χ4v) is 2.44. The Labute approximate surface area is 150 Å². The maximum atomic E-state index is 12.1. The van der Waals surface area contributed by atoms with E-state index < -0.39 is 0 Å². The minimum atomic E-state index is -0.162. The molecule has 0 atom stereocenters. The quantitative estimate of drug-likeness (QED) is 0.782. The number of amides is 1. The van der Waals surface area contributed by atoms with E-state index in [2.05, 4.69) is 24.3 Å². The van der Waals surface area contributed by atoms with Crippen LogP contribution in [0.5, 0.6) is 5.75 Å². The summed E-state index contributed by atoms with van der Waals surface area (Å²) in [4.78, 5) is 14.3. The summed E-state index contributed by atoms with van der Waals surface area (Å²) < 4.78 is 5.32. The molecule has 0 bridgehead atoms. The molecule has 0 aromatic heterocycles. The molecule has 0 aliphatic carbocycles. The molecule has 0 aliphatic heterocycles. The molecular formula is C21H26N2O2. The van der Waals surface area contributed by atoms with Gasteiger partial charge in [-0.25, -0.2) is 0 Å². The van der Waals surface area contributed by atoms with E-state index in [0.29, 0.717) is 0 Å². The number of aryl methyl sites for hydroxylation is 1. The molecule has 2 rings (SSSR count). The van der Waals surface area contributed by atoms with Gasteiger partial charge in [-0.05, 0) is 63.3 Å². The first-order chi connectivity index (χ1) is 12.0. The Morgan fingerprint density at radius 2 is 1.88 bits per heavy atom. The van der Waals surface area contributed by atoms with Crippen molar-refractivity contribution < 1.29 is 9.53 Å². The van der Waals surface area contributed by atoms with Crippen molar-refractivity contribution in [3.05, 3.63) is 65.2 Å². The van der Waals surface area contributed by atoms with E-state index in [0.717, 1.165) is 35.5 Å². The molecular weight excluding hydrogens is 312 g/mol. The number of methoxy groups -OCH3 is 1. The zero-order valence-electron chi connectivity index (χ0n) is 15.4. The van der Waals surface area contributed by atoms with Crippen LogP contribution in [0.4, 0.5) is 5.69 Å². The van der Waals surface area contributed by atoms with Gasteiger partial charge in [0.15, 0.2) is 0 Å². The summed E-state index contributed by atoms with van der Waals surface area (Å²) in [6.45, 7) is 3.02. The molecule has 0 saturated carbocycles. The Kier molecular flexibility index (Phi) is 6.78. The van der Waals surface area contributed by atoms with Gasteiger partial charge < -0.3 is 15.0 Å². The smallest absolute Gasteiger partial charge is 0.248 e. The van der Waals surface area contributed by atoms with Gasteiger partial charge in [-0.15, -0.1) is 0 Å². The van der Waals surface area contributed by atoms with E-state index in [1.54, 1.807) is 13.2 Å². The van der Waals surface area contributed by atoms with Crippen molar-refractivity contribution in [3.63, 3.8) is 0 Å². The third-order valence-electron chi connectivity index (χ3n) is 3.87. The predicted molar refractivity (Wildman–Crippen MR) is 104 cm³/mol. The SMILES string of the molecule is COc1ccc(C)cc1/C=C/C(=O)Nc1ccc(CCN(C)C)cc1. The van der Waals surface area contributed by atoms with Gasteiger partial charge >= 0.3 is 0 Å². The highest BCUT2D eigenvalue weighted by atomic mass is 16.5. The zero-order valence-corrected chi connectivity index (χ0v) is 15.4. The van der Waals surface area contributed by atoms with Crippen molar-refractivity contribution in [2.75, 3.05) is 33.1 Å². The predicted octanol–water partition coefficient (Wildman–Crippen LogP) is 3.76. The van der Waals surface area contributed by atoms with Gasteiger partial charge in [-0.2, -0.15) is 0 Å². The highest BCUT2D eigenvalue weighted by Gasteiger charge is 2.02. The summed E-state index contributed by atoms with van der Waals surface area (Å²) in [5, 5.41) is 2.88. The first-order valence-electron chi connectivity index (χ1n) is 8.35. The van der Waals surface area contributed by atoms with Crippen LogP contribution in [0.1, 0.15) is 16.7 Å². The molecule has 0 unspecified atom stereocenters. The number of hydrogen-bond donors (Lipinski definition) is 1. The van der Waals surface area contributed by atoms with E-state index in [-0.39, 0.29) is 5.91 Å². The number of hydrogen-bond acceptors (Lipinski definition) is 3. The van der Waals surface area contributed by atoms with Crippen molar-refractivity contribution in [1.82, 2.24) is 4.90 Å². The van der Waals surface area contributed by atoms with E-state index in [9.17, 15) is 4.79 Å². The summed E-state index contributed by atoms with van der Waals surface area (Å²) >= 11 is 0. The monoisotopic (exact) mass is 338 g/mol. The molecule has 4 nitrogen and oxygen atoms in total. The fourth-order valence-electron chi connectivity index (χ4n) is 2.44. The third kappa shape index (κ3) is 6.08. The number of nitrogens with zero attached hydrogens (tertiary/aromatic N) is 1. The van der Waals surface area contributed by atoms with E-state index in [1.165, 1.54) is 11.6 Å². The van der Waals surface area contributed by atoms with Crippen molar-refractivity contribution in [3.8, 4) is 5.75 Å². The van der Waals surface area contributed by atoms with Crippen molar-refractivity contribution in [2.24, 2.45) is 0 Å². The topological polar surface area (TPSA) is 41.6 Å². The van der Waals surface area contributed by atoms with Crippen LogP contribution < -0.4 is 10.1 Å². The lowest BCUT2D eigenvalue weighted by atomic mass is 10.1. The van der Waals surface area contributed by atoms with E-state index in [4.69, 9.17) is 4.74 Å². The third-order valence-corrected chi connectivity index (χ3v) is 3.87. The van der Waals surface area contributed by atoms with Crippen LogP contribution >= 0.6 is 0 Å². The maximum absolute atomic E-state index is 12.1. The lowest BCUT2D eigenvalue weighted by Gasteiger charge is -2.09. The average Bonchev–Trinajstić information content (AvgIpc) is 2.59. The molecule has 0 radical (unpaired) electrons. The van der Waals surface area contributed by atoms with Crippen LogP contribution in [-0.2, 0) is 11.2 Å². The van der Waals surface area contributed by atoms with Gasteiger partial charge in [0.25, 0.3) is 0 Å². The number of ether oxygens (including phenoxy) is 1.